The molecule has 3 aromatic rings. The van der Waals surface area contributed by atoms with Crippen LogP contribution in [0.15, 0.2) is 67.0 Å². The van der Waals surface area contributed by atoms with Crippen LogP contribution in [-0.4, -0.2) is 80.9 Å². The fraction of sp³-hybridized carbons (Fsp3) is 0.375. The van der Waals surface area contributed by atoms with Crippen molar-refractivity contribution in [3.8, 4) is 0 Å². The van der Waals surface area contributed by atoms with E-state index in [1.807, 2.05) is 0 Å². The van der Waals surface area contributed by atoms with Crippen LogP contribution in [0, 0.1) is 11.6 Å². The number of anilines is 1. The Morgan fingerprint density at radius 1 is 1.08 bits per heavy atom. The first-order chi connectivity index (χ1) is 22.9. The molecule has 258 valence electrons. The number of ether oxygens (including phenoxy) is 3. The number of methoxy groups -OCH3 is 1. The van der Waals surface area contributed by atoms with Gasteiger partial charge in [0.1, 0.15) is 24.8 Å². The number of nitrogens with two attached hydrogens (primary N) is 1. The van der Waals surface area contributed by atoms with Gasteiger partial charge in [-0.25, -0.2) is 23.3 Å². The van der Waals surface area contributed by atoms with E-state index in [-0.39, 0.29) is 43.9 Å². The maximum absolute atomic E-state index is 15.4. The van der Waals surface area contributed by atoms with Crippen LogP contribution in [-0.2, 0) is 25.4 Å². The van der Waals surface area contributed by atoms with Gasteiger partial charge in [0.15, 0.2) is 0 Å². The fourth-order valence-corrected chi connectivity index (χ4v) is 5.21. The Kier molecular flexibility index (Phi) is 12.4. The number of benzene rings is 2. The Morgan fingerprint density at radius 3 is 2.40 bits per heavy atom. The molecule has 1 aliphatic rings. The molecule has 11 nitrogen and oxygen atoms in total. The van der Waals surface area contributed by atoms with Crippen LogP contribution in [0.1, 0.15) is 29.0 Å². The second-order valence-corrected chi connectivity index (χ2v) is 10.9. The lowest BCUT2D eigenvalue weighted by atomic mass is 9.85. The number of nitrogens with zero attached hydrogens (tertiary/aromatic N) is 2. The summed E-state index contributed by atoms with van der Waals surface area (Å²) in [6.45, 7) is -1.49. The van der Waals surface area contributed by atoms with E-state index in [1.165, 1.54) is 54.9 Å². The number of alkyl carbamates (subject to hydrolysis) is 1. The van der Waals surface area contributed by atoms with Gasteiger partial charge in [0.2, 0.25) is 0 Å². The summed E-state index contributed by atoms with van der Waals surface area (Å²) in [6.07, 6.45) is -4.13. The van der Waals surface area contributed by atoms with Crippen LogP contribution in [0.2, 0.25) is 0 Å². The number of rotatable bonds is 11. The van der Waals surface area contributed by atoms with E-state index in [0.29, 0.717) is 16.0 Å². The summed E-state index contributed by atoms with van der Waals surface area (Å²) in [5.74, 6) is -2.95. The van der Waals surface area contributed by atoms with E-state index >= 15 is 4.39 Å². The third-order valence-electron chi connectivity index (χ3n) is 7.58. The highest BCUT2D eigenvalue weighted by Crippen LogP contribution is 2.32. The Labute approximate surface area is 272 Å². The first-order valence-corrected chi connectivity index (χ1v) is 14.8. The van der Waals surface area contributed by atoms with Crippen LogP contribution in [0.3, 0.4) is 0 Å². The van der Waals surface area contributed by atoms with Gasteiger partial charge in [0.05, 0.1) is 37.6 Å². The van der Waals surface area contributed by atoms with Crippen molar-refractivity contribution in [1.29, 1.82) is 0 Å². The van der Waals surface area contributed by atoms with Crippen molar-refractivity contribution in [2.24, 2.45) is 5.73 Å². The molecule has 4 N–H and O–H groups in total. The third-order valence-corrected chi connectivity index (χ3v) is 7.58. The second kappa shape index (κ2) is 16.4. The molecule has 2 heterocycles. The number of aromatic nitrogens is 1. The standard InChI is InChI=1S/C32H34F5N5O6/c1-46-31(45)42(29(43)28(38)27(20-11-13-39-14-12-20)19-5-7-21(33)8-6-19)26-4-2-3-25(34)24(26)10-9-23-15-40-22(16-47-23)17-48-30(44)41-18-32(35,36)37/h2-8,11-14,22-23,27-28,40H,9-10,15-18,38H2,1H3,(H,41,44)/t22-,23+,27+,28-/m0/s1. The van der Waals surface area contributed by atoms with Crippen molar-refractivity contribution in [1.82, 2.24) is 15.6 Å². The lowest BCUT2D eigenvalue weighted by Gasteiger charge is -2.31. The van der Waals surface area contributed by atoms with Crippen LogP contribution >= 0.6 is 0 Å². The molecule has 48 heavy (non-hydrogen) atoms. The number of amides is 3. The van der Waals surface area contributed by atoms with Crippen LogP contribution < -0.4 is 21.3 Å². The van der Waals surface area contributed by atoms with Gasteiger partial charge in [-0.15, -0.1) is 0 Å². The summed E-state index contributed by atoms with van der Waals surface area (Å²) < 4.78 is 81.4. The van der Waals surface area contributed by atoms with Gasteiger partial charge in [0, 0.05) is 30.4 Å². The number of hydrogen-bond donors (Lipinski definition) is 3. The zero-order valence-corrected chi connectivity index (χ0v) is 25.7. The van der Waals surface area contributed by atoms with E-state index in [9.17, 15) is 31.9 Å². The fourth-order valence-electron chi connectivity index (χ4n) is 5.21. The maximum atomic E-state index is 15.4. The molecule has 0 bridgehead atoms. The van der Waals surface area contributed by atoms with E-state index in [1.54, 1.807) is 17.4 Å². The zero-order chi connectivity index (χ0) is 34.8. The molecule has 4 rings (SSSR count). The molecule has 1 fully saturated rings. The van der Waals surface area contributed by atoms with Gasteiger partial charge in [-0.2, -0.15) is 13.2 Å². The van der Waals surface area contributed by atoms with Crippen molar-refractivity contribution in [3.05, 3.63) is 95.3 Å². The lowest BCUT2D eigenvalue weighted by Crippen LogP contribution is -2.50. The molecule has 0 spiro atoms. The topological polar surface area (TPSA) is 145 Å². The Bertz CT molecular complexity index is 1540. The smallest absolute Gasteiger partial charge is 0.420 e. The van der Waals surface area contributed by atoms with Gasteiger partial charge >= 0.3 is 18.4 Å². The van der Waals surface area contributed by atoms with E-state index in [2.05, 4.69) is 10.3 Å². The average Bonchev–Trinajstić information content (AvgIpc) is 3.07. The first kappa shape index (κ1) is 36.2. The molecule has 0 aliphatic carbocycles. The molecule has 0 radical (unpaired) electrons. The molecule has 4 atom stereocenters. The Morgan fingerprint density at radius 2 is 1.77 bits per heavy atom. The minimum atomic E-state index is -4.57. The molecule has 1 saturated heterocycles. The number of carbonyl (C=O) groups is 3. The quantitative estimate of drug-likeness (QED) is 0.254. The number of alkyl halides is 3. The largest absolute Gasteiger partial charge is 0.452 e. The summed E-state index contributed by atoms with van der Waals surface area (Å²) >= 11 is 0. The number of carbonyl (C=O) groups excluding carboxylic acids is 3. The first-order valence-electron chi connectivity index (χ1n) is 14.8. The van der Waals surface area contributed by atoms with Crippen molar-refractivity contribution in [2.75, 3.05) is 38.3 Å². The van der Waals surface area contributed by atoms with Crippen molar-refractivity contribution < 1.29 is 50.5 Å². The number of imide groups is 1. The monoisotopic (exact) mass is 679 g/mol. The van der Waals surface area contributed by atoms with E-state index < -0.39 is 66.6 Å². The highest BCUT2D eigenvalue weighted by atomic mass is 19.4. The Hall–Kier alpha value is -4.67. The predicted molar refractivity (Wildman–Crippen MR) is 162 cm³/mol. The van der Waals surface area contributed by atoms with E-state index in [4.69, 9.17) is 19.9 Å². The third kappa shape index (κ3) is 9.68. The maximum Gasteiger partial charge on any atom is 0.420 e. The SMILES string of the molecule is COC(=O)N(C(=O)[C@@H](N)[C@@H](c1ccncc1)c1ccc(F)cc1)c1cccc(F)c1CC[C@@H]1CN[C@H](COC(=O)NCC(F)(F)F)CO1. The van der Waals surface area contributed by atoms with Gasteiger partial charge in [-0.3, -0.25) is 9.78 Å². The van der Waals surface area contributed by atoms with Crippen LogP contribution in [0.4, 0.5) is 37.2 Å². The van der Waals surface area contributed by atoms with Crippen LogP contribution in [0.5, 0.6) is 0 Å². The molecule has 0 saturated carbocycles. The molecule has 1 aliphatic heterocycles. The van der Waals surface area contributed by atoms with Crippen molar-refractivity contribution in [2.45, 2.75) is 43.1 Å². The normalized spacial score (nSPS) is 17.6. The number of pyridine rings is 1. The van der Waals surface area contributed by atoms with Gasteiger partial charge < -0.3 is 30.6 Å². The number of nitrogens with one attached hydrogen (secondary N) is 2. The number of hydrogen-bond acceptors (Lipinski definition) is 9. The van der Waals surface area contributed by atoms with Gasteiger partial charge in [0.25, 0.3) is 5.91 Å². The van der Waals surface area contributed by atoms with Gasteiger partial charge in [-0.1, -0.05) is 18.2 Å². The highest BCUT2D eigenvalue weighted by Gasteiger charge is 2.37. The van der Waals surface area contributed by atoms with E-state index in [0.717, 1.165) is 7.11 Å². The summed E-state index contributed by atoms with van der Waals surface area (Å²) in [5.41, 5.74) is 7.52. The van der Waals surface area contributed by atoms with Crippen molar-refractivity contribution in [3.63, 3.8) is 0 Å². The Balaban J connectivity index is 1.47. The van der Waals surface area contributed by atoms with Crippen molar-refractivity contribution >= 4 is 23.8 Å². The number of halogens is 5. The minimum Gasteiger partial charge on any atom is -0.452 e. The summed E-state index contributed by atoms with van der Waals surface area (Å²) in [6, 6.07) is 10.6. The molecule has 1 aromatic heterocycles. The highest BCUT2D eigenvalue weighted by molar-refractivity contribution is 6.15. The number of morpholine rings is 1. The molecule has 0 unspecified atom stereocenters. The molecule has 16 heteroatoms. The lowest BCUT2D eigenvalue weighted by molar-refractivity contribution is -0.124. The summed E-state index contributed by atoms with van der Waals surface area (Å²) in [5, 5.41) is 4.67. The van der Waals surface area contributed by atoms with Crippen LogP contribution in [0.25, 0.3) is 0 Å². The average molecular weight is 680 g/mol. The summed E-state index contributed by atoms with van der Waals surface area (Å²) in [4.78, 5) is 43.4. The van der Waals surface area contributed by atoms with Gasteiger partial charge in [-0.05, 0) is 60.4 Å². The molecule has 2 aromatic carbocycles. The summed E-state index contributed by atoms with van der Waals surface area (Å²) in [7, 11) is 1.06. The zero-order valence-electron chi connectivity index (χ0n) is 25.7. The predicted octanol–water partition coefficient (Wildman–Crippen LogP) is 4.20. The molecular weight excluding hydrogens is 645 g/mol. The second-order valence-electron chi connectivity index (χ2n) is 10.9. The molecule has 3 amide bonds. The molecular formula is C32H34F5N5O6. The minimum absolute atomic E-state index is 0.0110.